The average Bonchev–Trinajstić information content (AvgIpc) is 3.84. The Morgan fingerprint density at radius 3 is 2.13 bits per heavy atom. The molecule has 2 aromatic rings. The van der Waals surface area contributed by atoms with Gasteiger partial charge in [0.1, 0.15) is 36.3 Å². The van der Waals surface area contributed by atoms with Gasteiger partial charge in [0.2, 0.25) is 16.9 Å². The number of rotatable bonds is 35. The first-order valence-electron chi connectivity index (χ1n) is 22.9. The maximum atomic E-state index is 12.7. The number of hydrogen-bond acceptors (Lipinski definition) is 18. The molecule has 2 unspecified atom stereocenters. The number of phosphoric ester groups is 3. The standard InChI is InChI=1S/C41H70N7O17P3S/c1-4-5-6-7-8-9-10-11-12-13-14-15-16-17-18-19-20-21-32(50)69-25-24-43-31(49)22-23-44-39(53)36(52)41(2,3)27-62-68(59,60)65-67(57,58)61-26-30-35(64-66(54,55)56)34(51)40(63-30)48-29-47-33-37(42)45-28-46-38(33)48/h11-12,20-21,28-30,34-36,40,51-52H,4-10,13-19,22-27H2,1-3H3,(H,43,49)(H,44,53)(H,57,58)(H,59,60)(H2,42,45,46)(H2,54,55,56)/b12-11-,21-20+/t30-,34-,35-,36+,40-/m1/s1. The molecule has 7 atom stereocenters. The van der Waals surface area contributed by atoms with Gasteiger partial charge in [-0.25, -0.2) is 28.6 Å². The minimum absolute atomic E-state index is 0.0318. The molecule has 0 radical (unpaired) electrons. The summed E-state index contributed by atoms with van der Waals surface area (Å²) in [5.74, 6) is -1.10. The third-order valence-electron chi connectivity index (χ3n) is 10.6. The van der Waals surface area contributed by atoms with Crippen molar-refractivity contribution in [1.82, 2.24) is 30.2 Å². The number of phosphoric acid groups is 3. The summed E-state index contributed by atoms with van der Waals surface area (Å²) < 4.78 is 62.4. The van der Waals surface area contributed by atoms with Crippen LogP contribution in [0.5, 0.6) is 0 Å². The Kier molecular flexibility index (Phi) is 26.4. The molecule has 28 heteroatoms. The molecule has 1 fully saturated rings. The van der Waals surface area contributed by atoms with E-state index in [2.05, 4.69) is 53.5 Å². The van der Waals surface area contributed by atoms with Gasteiger partial charge in [-0.2, -0.15) is 4.31 Å². The summed E-state index contributed by atoms with van der Waals surface area (Å²) in [4.78, 5) is 88.3. The fourth-order valence-corrected chi connectivity index (χ4v) is 10.3. The first kappa shape index (κ1) is 60.3. The van der Waals surface area contributed by atoms with Crippen LogP contribution in [0.25, 0.3) is 11.2 Å². The van der Waals surface area contributed by atoms with Gasteiger partial charge in [0, 0.05) is 30.7 Å². The Morgan fingerprint density at radius 2 is 1.49 bits per heavy atom. The number of carbonyl (C=O) groups excluding carboxylic acids is 3. The van der Waals surface area contributed by atoms with E-state index in [0.717, 1.165) is 54.7 Å². The van der Waals surface area contributed by atoms with Crippen LogP contribution in [0.15, 0.2) is 37.0 Å². The van der Waals surface area contributed by atoms with Gasteiger partial charge in [-0.3, -0.25) is 32.5 Å². The third kappa shape index (κ3) is 23.0. The molecule has 392 valence electrons. The second kappa shape index (κ2) is 30.2. The number of fused-ring (bicyclic) bond motifs is 1. The zero-order valence-electron chi connectivity index (χ0n) is 39.3. The van der Waals surface area contributed by atoms with Crippen LogP contribution < -0.4 is 16.4 Å². The van der Waals surface area contributed by atoms with Gasteiger partial charge in [-0.05, 0) is 44.6 Å². The Bertz CT molecular complexity index is 2130. The van der Waals surface area contributed by atoms with Crippen molar-refractivity contribution in [2.75, 3.05) is 37.8 Å². The van der Waals surface area contributed by atoms with Crippen LogP contribution in [0.3, 0.4) is 0 Å². The summed E-state index contributed by atoms with van der Waals surface area (Å²) in [5.41, 5.74) is 4.28. The average molecular weight is 1060 g/mol. The molecule has 0 saturated carbocycles. The molecule has 3 rings (SSSR count). The molecule has 2 amide bonds. The fraction of sp³-hybridized carbons (Fsp3) is 0.707. The molecule has 1 aliphatic rings. The Morgan fingerprint density at radius 1 is 0.884 bits per heavy atom. The van der Waals surface area contributed by atoms with Gasteiger partial charge >= 0.3 is 23.5 Å². The van der Waals surface area contributed by atoms with Crippen LogP contribution in [-0.2, 0) is 50.7 Å². The minimum Gasteiger partial charge on any atom is -0.386 e. The molecule has 2 aromatic heterocycles. The summed E-state index contributed by atoms with van der Waals surface area (Å²) in [6, 6.07) is 0. The van der Waals surface area contributed by atoms with Gasteiger partial charge in [0.05, 0.1) is 19.5 Å². The number of nitrogen functional groups attached to an aromatic ring is 1. The Balaban J connectivity index is 1.29. The Labute approximate surface area is 406 Å². The fourth-order valence-electron chi connectivity index (χ4n) is 6.84. The molecule has 69 heavy (non-hydrogen) atoms. The summed E-state index contributed by atoms with van der Waals surface area (Å²) in [6.45, 7) is 2.75. The number of nitrogens with zero attached hydrogens (tertiary/aromatic N) is 4. The summed E-state index contributed by atoms with van der Waals surface area (Å²) in [5, 5.41) is 26.5. The highest BCUT2D eigenvalue weighted by Gasteiger charge is 2.50. The van der Waals surface area contributed by atoms with Crippen molar-refractivity contribution in [1.29, 1.82) is 0 Å². The molecule has 0 spiro atoms. The number of anilines is 1. The largest absolute Gasteiger partial charge is 0.481 e. The highest BCUT2D eigenvalue weighted by Crippen LogP contribution is 2.61. The maximum Gasteiger partial charge on any atom is 0.481 e. The summed E-state index contributed by atoms with van der Waals surface area (Å²) >= 11 is 1.07. The van der Waals surface area contributed by atoms with E-state index in [4.69, 9.17) is 19.5 Å². The number of aliphatic hydroxyl groups is 2. The highest BCUT2D eigenvalue weighted by molar-refractivity contribution is 8.14. The second-order valence-corrected chi connectivity index (χ2v) is 22.3. The number of amides is 2. The number of aliphatic hydroxyl groups excluding tert-OH is 2. The van der Waals surface area contributed by atoms with E-state index in [-0.39, 0.29) is 41.6 Å². The van der Waals surface area contributed by atoms with Gasteiger partial charge in [0.15, 0.2) is 17.7 Å². The number of nitrogens with one attached hydrogen (secondary N) is 2. The number of aromatic nitrogens is 4. The lowest BCUT2D eigenvalue weighted by Gasteiger charge is -2.30. The van der Waals surface area contributed by atoms with Crippen molar-refractivity contribution in [3.63, 3.8) is 0 Å². The van der Waals surface area contributed by atoms with E-state index in [0.29, 0.717) is 5.75 Å². The molecule has 0 bridgehead atoms. The molecule has 0 aromatic carbocycles. The number of hydrogen-bond donors (Lipinski definition) is 9. The van der Waals surface area contributed by atoms with Gasteiger partial charge in [-0.1, -0.05) is 102 Å². The van der Waals surface area contributed by atoms with E-state index in [1.165, 1.54) is 78.1 Å². The van der Waals surface area contributed by atoms with Crippen molar-refractivity contribution < 1.29 is 80.5 Å². The molecule has 1 saturated heterocycles. The number of nitrogens with two attached hydrogens (primary N) is 1. The van der Waals surface area contributed by atoms with Crippen LogP contribution in [0.4, 0.5) is 5.82 Å². The molecule has 3 heterocycles. The number of imidazole rings is 1. The van der Waals surface area contributed by atoms with Crippen LogP contribution in [0.1, 0.15) is 123 Å². The first-order valence-corrected chi connectivity index (χ1v) is 28.4. The van der Waals surface area contributed by atoms with E-state index in [1.807, 2.05) is 6.08 Å². The van der Waals surface area contributed by atoms with Gasteiger partial charge in [0.25, 0.3) is 0 Å². The summed E-state index contributed by atoms with van der Waals surface area (Å²) in [6.07, 6.45) is 17.9. The molecular weight excluding hydrogens is 987 g/mol. The van der Waals surface area contributed by atoms with Crippen LogP contribution >= 0.6 is 35.2 Å². The normalized spacial score (nSPS) is 20.1. The zero-order valence-corrected chi connectivity index (χ0v) is 42.8. The van der Waals surface area contributed by atoms with Crippen molar-refractivity contribution in [2.24, 2.45) is 5.41 Å². The predicted molar refractivity (Wildman–Crippen MR) is 256 cm³/mol. The molecule has 24 nitrogen and oxygen atoms in total. The number of carbonyl (C=O) groups is 3. The van der Waals surface area contributed by atoms with Crippen LogP contribution in [0, 0.1) is 5.41 Å². The molecule has 10 N–H and O–H groups in total. The smallest absolute Gasteiger partial charge is 0.386 e. The SMILES string of the molecule is CCCCCCCC/C=C\CCCCCCC/C=C/C(=O)SCCNC(=O)CCNC(=O)[C@H](O)C(C)(C)COP(=O)(O)OP(=O)(O)OC[C@H]1O[C@@H](n2cnc3c(N)ncnc32)[C@H](O)[C@@H]1OP(=O)(O)O. The first-order chi connectivity index (χ1) is 32.6. The summed E-state index contributed by atoms with van der Waals surface area (Å²) in [7, 11) is -16.4. The second-order valence-electron chi connectivity index (χ2n) is 17.0. The molecule has 1 aliphatic heterocycles. The Hall–Kier alpha value is -2.96. The van der Waals surface area contributed by atoms with E-state index in [1.54, 1.807) is 6.08 Å². The number of ether oxygens (including phenoxy) is 1. The monoisotopic (exact) mass is 1060 g/mol. The number of unbranched alkanes of at least 4 members (excludes halogenated alkanes) is 12. The maximum absolute atomic E-state index is 12.7. The van der Waals surface area contributed by atoms with Crippen LogP contribution in [0.2, 0.25) is 0 Å². The third-order valence-corrected chi connectivity index (χ3v) is 14.6. The predicted octanol–water partition coefficient (Wildman–Crippen LogP) is 5.26. The topological polar surface area (TPSA) is 364 Å². The van der Waals surface area contributed by atoms with Crippen molar-refractivity contribution >= 4 is 69.1 Å². The van der Waals surface area contributed by atoms with Crippen LogP contribution in [-0.4, -0.2) is 123 Å². The molecular formula is C41H70N7O17P3S. The molecule has 0 aliphatic carbocycles. The van der Waals surface area contributed by atoms with E-state index < -0.39 is 84.6 Å². The zero-order chi connectivity index (χ0) is 51.1. The highest BCUT2D eigenvalue weighted by atomic mass is 32.2. The lowest BCUT2D eigenvalue weighted by Crippen LogP contribution is -2.46. The lowest BCUT2D eigenvalue weighted by molar-refractivity contribution is -0.137. The van der Waals surface area contributed by atoms with Gasteiger partial charge < -0.3 is 50.9 Å². The van der Waals surface area contributed by atoms with E-state index in [9.17, 15) is 57.9 Å². The number of allylic oxidation sites excluding steroid dienone is 3. The van der Waals surface area contributed by atoms with E-state index >= 15 is 0 Å². The quantitative estimate of drug-likeness (QED) is 0.0184. The van der Waals surface area contributed by atoms with Crippen molar-refractivity contribution in [2.45, 2.75) is 148 Å². The minimum atomic E-state index is -5.58. The number of thioether (sulfide) groups is 1. The van der Waals surface area contributed by atoms with Crippen molar-refractivity contribution in [3.8, 4) is 0 Å². The van der Waals surface area contributed by atoms with Gasteiger partial charge in [-0.15, -0.1) is 0 Å². The van der Waals surface area contributed by atoms with Crippen molar-refractivity contribution in [3.05, 3.63) is 37.0 Å². The lowest BCUT2D eigenvalue weighted by atomic mass is 9.87.